The minimum Gasteiger partial charge on any atom is -0.347 e. The molecular formula is C16H23N3OS. The highest BCUT2D eigenvalue weighted by Crippen LogP contribution is 2.24. The summed E-state index contributed by atoms with van der Waals surface area (Å²) in [5.41, 5.74) is 1.82. The van der Waals surface area contributed by atoms with E-state index in [-0.39, 0.29) is 17.4 Å². The van der Waals surface area contributed by atoms with Crippen molar-refractivity contribution in [3.05, 3.63) is 39.8 Å². The summed E-state index contributed by atoms with van der Waals surface area (Å²) in [6.07, 6.45) is 3.68. The number of hydrogen-bond acceptors (Lipinski definition) is 3. The maximum Gasteiger partial charge on any atom is 0.252 e. The van der Waals surface area contributed by atoms with E-state index in [1.54, 1.807) is 17.5 Å². The van der Waals surface area contributed by atoms with Crippen molar-refractivity contribution >= 4 is 17.2 Å². The second kappa shape index (κ2) is 6.02. The number of carbonyl (C=O) groups excluding carboxylic acids is 1. The van der Waals surface area contributed by atoms with Crippen LogP contribution in [-0.2, 0) is 6.54 Å². The fraction of sp³-hybridized carbons (Fsp3) is 0.500. The van der Waals surface area contributed by atoms with Crippen LogP contribution >= 0.6 is 11.3 Å². The number of rotatable bonds is 4. The molecule has 1 N–H and O–H groups in total. The molecule has 0 saturated carbocycles. The smallest absolute Gasteiger partial charge is 0.252 e. The summed E-state index contributed by atoms with van der Waals surface area (Å²) in [6, 6.07) is 1.91. The second-order valence-electron chi connectivity index (χ2n) is 6.45. The Hall–Kier alpha value is -1.62. The zero-order valence-corrected chi connectivity index (χ0v) is 14.1. The van der Waals surface area contributed by atoms with Crippen molar-refractivity contribution in [1.29, 1.82) is 0 Å². The van der Waals surface area contributed by atoms with Crippen LogP contribution in [-0.4, -0.2) is 21.7 Å². The van der Waals surface area contributed by atoms with E-state index in [1.807, 2.05) is 36.2 Å². The first-order chi connectivity index (χ1) is 9.79. The van der Waals surface area contributed by atoms with E-state index in [0.717, 1.165) is 11.1 Å². The molecule has 0 radical (unpaired) electrons. The van der Waals surface area contributed by atoms with Gasteiger partial charge in [-0.2, -0.15) is 5.10 Å². The summed E-state index contributed by atoms with van der Waals surface area (Å²) >= 11 is 1.62. The molecule has 114 valence electrons. The Morgan fingerprint density at radius 1 is 1.43 bits per heavy atom. The highest BCUT2D eigenvalue weighted by Gasteiger charge is 2.28. The largest absolute Gasteiger partial charge is 0.347 e. The van der Waals surface area contributed by atoms with Crippen molar-refractivity contribution in [3.8, 4) is 0 Å². The molecule has 0 bridgehead atoms. The highest BCUT2D eigenvalue weighted by atomic mass is 32.1. The fourth-order valence-corrected chi connectivity index (χ4v) is 2.97. The van der Waals surface area contributed by atoms with Crippen LogP contribution in [0.25, 0.3) is 0 Å². The molecule has 2 aromatic rings. The van der Waals surface area contributed by atoms with Gasteiger partial charge in [-0.3, -0.25) is 9.48 Å². The molecule has 4 nitrogen and oxygen atoms in total. The highest BCUT2D eigenvalue weighted by molar-refractivity contribution is 7.10. The van der Waals surface area contributed by atoms with Crippen molar-refractivity contribution in [3.63, 3.8) is 0 Å². The molecule has 0 fully saturated rings. The SMILES string of the molecule is Cc1scc(C(=O)N[C@@H](Cn2cccn2)C(C)(C)C)c1C. The van der Waals surface area contributed by atoms with Crippen LogP contribution in [0, 0.1) is 19.3 Å². The molecule has 1 amide bonds. The summed E-state index contributed by atoms with van der Waals surface area (Å²) < 4.78 is 1.86. The standard InChI is InChI=1S/C16H23N3OS/c1-11-12(2)21-10-13(11)15(20)18-14(16(3,4)5)9-19-8-6-7-17-19/h6-8,10,14H,9H2,1-5H3,(H,18,20)/t14-/m0/s1. The molecular weight excluding hydrogens is 282 g/mol. The number of nitrogens with zero attached hydrogens (tertiary/aromatic N) is 2. The Morgan fingerprint density at radius 2 is 2.14 bits per heavy atom. The second-order valence-corrected chi connectivity index (χ2v) is 7.53. The van der Waals surface area contributed by atoms with E-state index in [1.165, 1.54) is 4.88 Å². The van der Waals surface area contributed by atoms with Gasteiger partial charge in [0.25, 0.3) is 5.91 Å². The minimum absolute atomic E-state index is 0.00364. The molecule has 2 aromatic heterocycles. The fourth-order valence-electron chi connectivity index (χ4n) is 2.11. The number of thiophene rings is 1. The molecule has 0 spiro atoms. The quantitative estimate of drug-likeness (QED) is 0.941. The maximum absolute atomic E-state index is 12.5. The first-order valence-electron chi connectivity index (χ1n) is 7.12. The lowest BCUT2D eigenvalue weighted by Gasteiger charge is -2.31. The number of nitrogens with one attached hydrogen (secondary N) is 1. The minimum atomic E-state index is -0.0411. The topological polar surface area (TPSA) is 46.9 Å². The van der Waals surface area contributed by atoms with E-state index in [4.69, 9.17) is 0 Å². The molecule has 0 saturated heterocycles. The van der Waals surface area contributed by atoms with E-state index in [9.17, 15) is 4.79 Å². The zero-order valence-electron chi connectivity index (χ0n) is 13.3. The lowest BCUT2D eigenvalue weighted by Crippen LogP contribution is -2.46. The number of amides is 1. The van der Waals surface area contributed by atoms with Crippen LogP contribution < -0.4 is 5.32 Å². The van der Waals surface area contributed by atoms with Crippen molar-refractivity contribution in [2.75, 3.05) is 0 Å². The Bertz CT molecular complexity index is 608. The molecule has 2 heterocycles. The van der Waals surface area contributed by atoms with Gasteiger partial charge in [0.15, 0.2) is 0 Å². The summed E-state index contributed by atoms with van der Waals surface area (Å²) in [5.74, 6) is 0.00364. The number of hydrogen-bond donors (Lipinski definition) is 1. The van der Waals surface area contributed by atoms with Crippen molar-refractivity contribution in [1.82, 2.24) is 15.1 Å². The first-order valence-corrected chi connectivity index (χ1v) is 8.00. The van der Waals surface area contributed by atoms with Crippen molar-refractivity contribution in [2.24, 2.45) is 5.41 Å². The molecule has 0 aliphatic carbocycles. The first kappa shape index (κ1) is 15.8. The Kier molecular flexibility index (Phi) is 4.52. The summed E-state index contributed by atoms with van der Waals surface area (Å²) in [4.78, 5) is 13.7. The molecule has 5 heteroatoms. The molecule has 0 aliphatic rings. The Balaban J connectivity index is 2.15. The van der Waals surface area contributed by atoms with Gasteiger partial charge in [-0.15, -0.1) is 11.3 Å². The van der Waals surface area contributed by atoms with E-state index >= 15 is 0 Å². The summed E-state index contributed by atoms with van der Waals surface area (Å²) in [5, 5.41) is 9.35. The average Bonchev–Trinajstić information content (AvgIpc) is 2.99. The van der Waals surface area contributed by atoms with Crippen LogP contribution in [0.15, 0.2) is 23.8 Å². The summed E-state index contributed by atoms with van der Waals surface area (Å²) in [6.45, 7) is 11.1. The normalized spacial score (nSPS) is 13.2. The molecule has 0 aliphatic heterocycles. The van der Waals surface area contributed by atoms with Gasteiger partial charge in [0, 0.05) is 22.7 Å². The van der Waals surface area contributed by atoms with Crippen LogP contribution in [0.5, 0.6) is 0 Å². The van der Waals surface area contributed by atoms with Crippen LogP contribution in [0.3, 0.4) is 0 Å². The monoisotopic (exact) mass is 305 g/mol. The van der Waals surface area contributed by atoms with Gasteiger partial charge in [-0.05, 0) is 30.9 Å². The lowest BCUT2D eigenvalue weighted by molar-refractivity contribution is 0.0890. The number of aromatic nitrogens is 2. The lowest BCUT2D eigenvalue weighted by atomic mass is 9.86. The zero-order chi connectivity index (χ0) is 15.6. The van der Waals surface area contributed by atoms with Gasteiger partial charge < -0.3 is 5.32 Å². The summed E-state index contributed by atoms with van der Waals surface area (Å²) in [7, 11) is 0. The van der Waals surface area contributed by atoms with Crippen LogP contribution in [0.1, 0.15) is 41.6 Å². The van der Waals surface area contributed by atoms with Gasteiger partial charge in [0.2, 0.25) is 0 Å². The maximum atomic E-state index is 12.5. The third kappa shape index (κ3) is 3.73. The van der Waals surface area contributed by atoms with Gasteiger partial charge in [-0.25, -0.2) is 0 Å². The number of aryl methyl sites for hydroxylation is 1. The molecule has 1 atom stereocenters. The van der Waals surface area contributed by atoms with E-state index in [2.05, 4.69) is 31.2 Å². The Labute approximate surface area is 130 Å². The van der Waals surface area contributed by atoms with E-state index < -0.39 is 0 Å². The predicted molar refractivity (Wildman–Crippen MR) is 86.7 cm³/mol. The van der Waals surface area contributed by atoms with Gasteiger partial charge >= 0.3 is 0 Å². The predicted octanol–water partition coefficient (Wildman–Crippen LogP) is 3.41. The third-order valence-electron chi connectivity index (χ3n) is 3.81. The third-order valence-corrected chi connectivity index (χ3v) is 4.82. The van der Waals surface area contributed by atoms with Crippen molar-refractivity contribution in [2.45, 2.75) is 47.2 Å². The van der Waals surface area contributed by atoms with Crippen LogP contribution in [0.4, 0.5) is 0 Å². The van der Waals surface area contributed by atoms with E-state index in [0.29, 0.717) is 6.54 Å². The van der Waals surface area contributed by atoms with Crippen LogP contribution in [0.2, 0.25) is 0 Å². The van der Waals surface area contributed by atoms with Crippen molar-refractivity contribution < 1.29 is 4.79 Å². The average molecular weight is 305 g/mol. The Morgan fingerprint density at radius 3 is 2.62 bits per heavy atom. The molecule has 21 heavy (non-hydrogen) atoms. The number of carbonyl (C=O) groups is 1. The van der Waals surface area contributed by atoms with Gasteiger partial charge in [0.1, 0.15) is 0 Å². The van der Waals surface area contributed by atoms with Gasteiger partial charge in [-0.1, -0.05) is 20.8 Å². The molecule has 0 aromatic carbocycles. The molecule has 2 rings (SSSR count). The molecule has 0 unspecified atom stereocenters. The van der Waals surface area contributed by atoms with Gasteiger partial charge in [0.05, 0.1) is 18.2 Å².